The summed E-state index contributed by atoms with van der Waals surface area (Å²) >= 11 is 0. The third-order valence-electron chi connectivity index (χ3n) is 5.62. The fourth-order valence-corrected chi connectivity index (χ4v) is 4.11. The zero-order chi connectivity index (χ0) is 19.0. The standard InChI is InChI=1S/C20H26FN3O3/c1-13-17(10-23-11-18(19(25)12-23)24-7-3-4-8-24)22-20(27-13)15-6-5-14(26-2)9-16(15)21/h5-6,9,18-19,25H,3-4,7-8,10-12H2,1-2H3/t18-,19-/m0/s1. The molecule has 0 radical (unpaired) electrons. The molecular formula is C20H26FN3O3. The summed E-state index contributed by atoms with van der Waals surface area (Å²) in [7, 11) is 1.50. The molecule has 2 aliphatic rings. The van der Waals surface area contributed by atoms with Gasteiger partial charge in [0.2, 0.25) is 5.89 Å². The normalized spacial score (nSPS) is 24.0. The average Bonchev–Trinajstić information content (AvgIpc) is 3.36. The van der Waals surface area contributed by atoms with E-state index in [0.29, 0.717) is 30.2 Å². The molecule has 0 unspecified atom stereocenters. The zero-order valence-electron chi connectivity index (χ0n) is 15.8. The van der Waals surface area contributed by atoms with Crippen molar-refractivity contribution in [2.75, 3.05) is 33.3 Å². The van der Waals surface area contributed by atoms with Crippen molar-refractivity contribution in [3.05, 3.63) is 35.5 Å². The van der Waals surface area contributed by atoms with E-state index in [4.69, 9.17) is 9.15 Å². The number of aromatic nitrogens is 1. The number of hydrogen-bond acceptors (Lipinski definition) is 6. The third kappa shape index (κ3) is 3.72. The van der Waals surface area contributed by atoms with Crippen molar-refractivity contribution in [2.24, 2.45) is 0 Å². The molecule has 0 saturated carbocycles. The molecule has 27 heavy (non-hydrogen) atoms. The molecule has 3 heterocycles. The summed E-state index contributed by atoms with van der Waals surface area (Å²) in [6, 6.07) is 4.83. The molecule has 1 aromatic heterocycles. The van der Waals surface area contributed by atoms with Crippen LogP contribution < -0.4 is 4.74 Å². The van der Waals surface area contributed by atoms with Gasteiger partial charge in [-0.2, -0.15) is 0 Å². The summed E-state index contributed by atoms with van der Waals surface area (Å²) in [4.78, 5) is 9.11. The number of ether oxygens (including phenoxy) is 1. The van der Waals surface area contributed by atoms with Crippen molar-refractivity contribution in [1.82, 2.24) is 14.8 Å². The molecule has 2 aromatic rings. The first-order chi connectivity index (χ1) is 13.0. The van der Waals surface area contributed by atoms with Gasteiger partial charge in [0.25, 0.3) is 0 Å². The second kappa shape index (κ2) is 7.58. The molecule has 6 nitrogen and oxygen atoms in total. The smallest absolute Gasteiger partial charge is 0.229 e. The lowest BCUT2D eigenvalue weighted by atomic mass is 10.2. The zero-order valence-corrected chi connectivity index (χ0v) is 15.8. The number of aliphatic hydroxyl groups excluding tert-OH is 1. The maximum atomic E-state index is 14.3. The molecule has 0 aliphatic carbocycles. The second-order valence-corrected chi connectivity index (χ2v) is 7.44. The van der Waals surface area contributed by atoms with Crippen LogP contribution in [0.1, 0.15) is 24.3 Å². The molecule has 146 valence electrons. The van der Waals surface area contributed by atoms with Crippen LogP contribution in [0.15, 0.2) is 22.6 Å². The fourth-order valence-electron chi connectivity index (χ4n) is 4.11. The van der Waals surface area contributed by atoms with E-state index in [1.165, 1.54) is 26.0 Å². The summed E-state index contributed by atoms with van der Waals surface area (Å²) in [6.45, 7) is 6.02. The fraction of sp³-hybridized carbons (Fsp3) is 0.550. The molecule has 7 heteroatoms. The molecular weight excluding hydrogens is 349 g/mol. The van der Waals surface area contributed by atoms with Crippen molar-refractivity contribution < 1.29 is 18.7 Å². The van der Waals surface area contributed by atoms with Crippen LogP contribution in [0.25, 0.3) is 11.5 Å². The van der Waals surface area contributed by atoms with Crippen LogP contribution in [-0.4, -0.2) is 65.3 Å². The van der Waals surface area contributed by atoms with E-state index in [9.17, 15) is 9.50 Å². The summed E-state index contributed by atoms with van der Waals surface area (Å²) in [5.74, 6) is 0.990. The molecule has 1 aromatic carbocycles. The number of benzene rings is 1. The quantitative estimate of drug-likeness (QED) is 0.866. The summed E-state index contributed by atoms with van der Waals surface area (Å²) in [5.41, 5.74) is 1.11. The van der Waals surface area contributed by atoms with E-state index >= 15 is 0 Å². The van der Waals surface area contributed by atoms with Crippen LogP contribution in [0.2, 0.25) is 0 Å². The van der Waals surface area contributed by atoms with Gasteiger partial charge >= 0.3 is 0 Å². The van der Waals surface area contributed by atoms with Crippen molar-refractivity contribution in [3.63, 3.8) is 0 Å². The number of nitrogens with zero attached hydrogens (tertiary/aromatic N) is 3. The maximum absolute atomic E-state index is 14.3. The largest absolute Gasteiger partial charge is 0.497 e. The summed E-state index contributed by atoms with van der Waals surface area (Å²) in [5, 5.41) is 10.4. The molecule has 4 rings (SSSR count). The van der Waals surface area contributed by atoms with E-state index in [2.05, 4.69) is 14.8 Å². The first kappa shape index (κ1) is 18.4. The first-order valence-electron chi connectivity index (χ1n) is 9.50. The van der Waals surface area contributed by atoms with Gasteiger partial charge in [-0.1, -0.05) is 0 Å². The lowest BCUT2D eigenvalue weighted by Crippen LogP contribution is -2.41. The number of likely N-dealkylation sites (tertiary alicyclic amines) is 2. The highest BCUT2D eigenvalue weighted by molar-refractivity contribution is 5.56. The van der Waals surface area contributed by atoms with Crippen molar-refractivity contribution >= 4 is 0 Å². The molecule has 0 bridgehead atoms. The van der Waals surface area contributed by atoms with Gasteiger partial charge in [-0.05, 0) is 45.0 Å². The Morgan fingerprint density at radius 1 is 1.30 bits per heavy atom. The van der Waals surface area contributed by atoms with Crippen LogP contribution >= 0.6 is 0 Å². The minimum Gasteiger partial charge on any atom is -0.497 e. The Kier molecular flexibility index (Phi) is 5.16. The van der Waals surface area contributed by atoms with E-state index in [-0.39, 0.29) is 18.0 Å². The van der Waals surface area contributed by atoms with Gasteiger partial charge < -0.3 is 14.3 Å². The Hall–Kier alpha value is -1.96. The maximum Gasteiger partial charge on any atom is 0.229 e. The third-order valence-corrected chi connectivity index (χ3v) is 5.62. The van der Waals surface area contributed by atoms with E-state index < -0.39 is 5.82 Å². The van der Waals surface area contributed by atoms with Crippen molar-refractivity contribution in [2.45, 2.75) is 38.5 Å². The molecule has 2 aliphatic heterocycles. The molecule has 0 spiro atoms. The highest BCUT2D eigenvalue weighted by atomic mass is 19.1. The number of aryl methyl sites for hydroxylation is 1. The van der Waals surface area contributed by atoms with Crippen molar-refractivity contribution in [3.8, 4) is 17.2 Å². The van der Waals surface area contributed by atoms with Gasteiger partial charge in [0.15, 0.2) is 0 Å². The predicted octanol–water partition coefficient (Wildman–Crippen LogP) is 2.44. The van der Waals surface area contributed by atoms with Gasteiger partial charge in [0.05, 0.1) is 24.5 Å². The molecule has 2 fully saturated rings. The van der Waals surface area contributed by atoms with Crippen LogP contribution in [0.5, 0.6) is 5.75 Å². The Labute approximate surface area is 158 Å². The minimum atomic E-state index is -0.423. The van der Waals surface area contributed by atoms with E-state index in [1.54, 1.807) is 12.1 Å². The number of aliphatic hydroxyl groups is 1. The van der Waals surface area contributed by atoms with Crippen LogP contribution in [0.3, 0.4) is 0 Å². The molecule has 2 atom stereocenters. The first-order valence-corrected chi connectivity index (χ1v) is 9.50. The second-order valence-electron chi connectivity index (χ2n) is 7.44. The molecule has 2 saturated heterocycles. The number of rotatable bonds is 5. The predicted molar refractivity (Wildman–Crippen MR) is 99.1 cm³/mol. The van der Waals surface area contributed by atoms with E-state index in [1.807, 2.05) is 6.92 Å². The highest BCUT2D eigenvalue weighted by Crippen LogP contribution is 2.29. The number of hydrogen-bond donors (Lipinski definition) is 1. The Morgan fingerprint density at radius 3 is 2.78 bits per heavy atom. The van der Waals surface area contributed by atoms with Crippen LogP contribution in [0, 0.1) is 12.7 Å². The number of halogens is 1. The van der Waals surface area contributed by atoms with Crippen LogP contribution in [0.4, 0.5) is 4.39 Å². The Bertz CT molecular complexity index is 804. The summed E-state index contributed by atoms with van der Waals surface area (Å²) in [6.07, 6.45) is 2.08. The van der Waals surface area contributed by atoms with E-state index in [0.717, 1.165) is 25.3 Å². The van der Waals surface area contributed by atoms with Gasteiger partial charge in [-0.15, -0.1) is 0 Å². The minimum absolute atomic E-state index is 0.193. The van der Waals surface area contributed by atoms with Gasteiger partial charge in [-0.3, -0.25) is 9.80 Å². The van der Waals surface area contributed by atoms with Gasteiger partial charge in [0.1, 0.15) is 17.3 Å². The number of β-amino-alcohol motifs (C(OH)–C–C–N with tert-alkyl or cyclic N) is 1. The van der Waals surface area contributed by atoms with Crippen molar-refractivity contribution in [1.29, 1.82) is 0 Å². The van der Waals surface area contributed by atoms with Crippen LogP contribution in [-0.2, 0) is 6.54 Å². The number of methoxy groups -OCH3 is 1. The monoisotopic (exact) mass is 375 g/mol. The Balaban J connectivity index is 1.48. The highest BCUT2D eigenvalue weighted by Gasteiger charge is 2.36. The average molecular weight is 375 g/mol. The molecule has 1 N–H and O–H groups in total. The summed E-state index contributed by atoms with van der Waals surface area (Å²) < 4.78 is 25.1. The lowest BCUT2D eigenvalue weighted by molar-refractivity contribution is 0.0978. The lowest BCUT2D eigenvalue weighted by Gasteiger charge is -2.25. The topological polar surface area (TPSA) is 62.0 Å². The Morgan fingerprint density at radius 2 is 2.07 bits per heavy atom. The molecule has 0 amide bonds. The SMILES string of the molecule is COc1ccc(-c2nc(CN3C[C@H](O)[C@@H](N4CCCC4)C3)c(C)o2)c(F)c1. The number of oxazole rings is 1. The van der Waals surface area contributed by atoms with Gasteiger partial charge in [-0.25, -0.2) is 9.37 Å². The van der Waals surface area contributed by atoms with Gasteiger partial charge in [0, 0.05) is 31.7 Å².